The van der Waals surface area contributed by atoms with Crippen LogP contribution in [0.15, 0.2) is 42.7 Å². The first-order valence-electron chi connectivity index (χ1n) is 5.67. The van der Waals surface area contributed by atoms with Crippen molar-refractivity contribution in [2.45, 2.75) is 0 Å². The number of benzene rings is 1. The van der Waals surface area contributed by atoms with Gasteiger partial charge in [0.2, 0.25) is 5.75 Å². The molecule has 0 radical (unpaired) electrons. The average molecular weight is 273 g/mol. The zero-order valence-electron chi connectivity index (χ0n) is 10.6. The number of nitrogens with zero attached hydrogens (tertiary/aromatic N) is 3. The molecule has 0 bridgehead atoms. The summed E-state index contributed by atoms with van der Waals surface area (Å²) in [4.78, 5) is 27.4. The number of nitro groups is 1. The van der Waals surface area contributed by atoms with E-state index in [9.17, 15) is 20.0 Å². The molecular weight excluding hydrogens is 262 g/mol. The minimum atomic E-state index is -0.738. The number of pyridine rings is 1. The molecule has 1 heterocycles. The summed E-state index contributed by atoms with van der Waals surface area (Å²) in [6, 6.07) is 7.06. The summed E-state index contributed by atoms with van der Waals surface area (Å²) in [7, 11) is 1.51. The average Bonchev–Trinajstić information content (AvgIpc) is 2.46. The Balaban J connectivity index is 2.40. The largest absolute Gasteiger partial charge is 0.502 e. The number of para-hydroxylation sites is 1. The fourth-order valence-electron chi connectivity index (χ4n) is 1.72. The van der Waals surface area contributed by atoms with E-state index in [-0.39, 0.29) is 5.56 Å². The maximum atomic E-state index is 12.3. The quantitative estimate of drug-likeness (QED) is 0.681. The number of hydrogen-bond acceptors (Lipinski definition) is 5. The number of nitro benzene ring substituents is 1. The standard InChI is InChI=1S/C13H11N3O4/c1-15(9-5-7-14-8-6-9)13(18)10-3-2-4-11(12(10)17)16(19)20/h2-8,17H,1H3. The summed E-state index contributed by atoms with van der Waals surface area (Å²) in [6.07, 6.45) is 3.04. The molecule has 102 valence electrons. The topological polar surface area (TPSA) is 96.6 Å². The van der Waals surface area contributed by atoms with Gasteiger partial charge in [0, 0.05) is 31.2 Å². The van der Waals surface area contributed by atoms with Gasteiger partial charge in [-0.1, -0.05) is 6.07 Å². The molecule has 0 saturated carbocycles. The van der Waals surface area contributed by atoms with Gasteiger partial charge in [0.1, 0.15) is 0 Å². The van der Waals surface area contributed by atoms with Crippen molar-refractivity contribution in [2.24, 2.45) is 0 Å². The molecule has 7 heteroatoms. The zero-order chi connectivity index (χ0) is 14.7. The summed E-state index contributed by atoms with van der Waals surface area (Å²) >= 11 is 0. The maximum absolute atomic E-state index is 12.3. The van der Waals surface area contributed by atoms with E-state index < -0.39 is 22.3 Å². The first-order valence-corrected chi connectivity index (χ1v) is 5.67. The fraction of sp³-hybridized carbons (Fsp3) is 0.0769. The minimum Gasteiger partial charge on any atom is -0.502 e. The lowest BCUT2D eigenvalue weighted by Crippen LogP contribution is -2.26. The molecule has 2 rings (SSSR count). The third-order valence-electron chi connectivity index (χ3n) is 2.80. The van der Waals surface area contributed by atoms with Gasteiger partial charge in [-0.3, -0.25) is 19.9 Å². The summed E-state index contributed by atoms with van der Waals surface area (Å²) in [5, 5.41) is 20.6. The molecule has 20 heavy (non-hydrogen) atoms. The first-order chi connectivity index (χ1) is 9.52. The highest BCUT2D eigenvalue weighted by atomic mass is 16.6. The Morgan fingerprint density at radius 3 is 2.55 bits per heavy atom. The Hall–Kier alpha value is -2.96. The smallest absolute Gasteiger partial charge is 0.311 e. The molecule has 1 amide bonds. The summed E-state index contributed by atoms with van der Waals surface area (Å²) < 4.78 is 0. The molecule has 2 aromatic rings. The summed E-state index contributed by atoms with van der Waals surface area (Å²) in [5.41, 5.74) is -0.0617. The van der Waals surface area contributed by atoms with Crippen molar-refractivity contribution in [3.8, 4) is 5.75 Å². The first kappa shape index (κ1) is 13.5. The Morgan fingerprint density at radius 2 is 1.95 bits per heavy atom. The van der Waals surface area contributed by atoms with Crippen LogP contribution in [0.1, 0.15) is 10.4 Å². The molecule has 0 aliphatic carbocycles. The number of rotatable bonds is 3. The number of carbonyl (C=O) groups excluding carboxylic acids is 1. The summed E-state index contributed by atoms with van der Waals surface area (Å²) in [6.45, 7) is 0. The van der Waals surface area contributed by atoms with Crippen LogP contribution >= 0.6 is 0 Å². The molecule has 0 saturated heterocycles. The van der Waals surface area contributed by atoms with E-state index in [1.807, 2.05) is 0 Å². The normalized spacial score (nSPS) is 10.1. The SMILES string of the molecule is CN(C(=O)c1cccc([N+](=O)[O-])c1O)c1ccncc1. The number of amides is 1. The monoisotopic (exact) mass is 273 g/mol. The van der Waals surface area contributed by atoms with Crippen molar-refractivity contribution in [1.29, 1.82) is 0 Å². The van der Waals surface area contributed by atoms with E-state index in [2.05, 4.69) is 4.98 Å². The minimum absolute atomic E-state index is 0.126. The van der Waals surface area contributed by atoms with Crippen LogP contribution in [-0.4, -0.2) is 28.0 Å². The molecule has 0 aliphatic heterocycles. The van der Waals surface area contributed by atoms with E-state index in [0.29, 0.717) is 5.69 Å². The second-order valence-electron chi connectivity index (χ2n) is 4.00. The number of aromatic nitrogens is 1. The van der Waals surface area contributed by atoms with Gasteiger partial charge in [-0.2, -0.15) is 0 Å². The van der Waals surface area contributed by atoms with E-state index in [1.54, 1.807) is 12.1 Å². The van der Waals surface area contributed by atoms with Crippen molar-refractivity contribution in [3.05, 3.63) is 58.4 Å². The second kappa shape index (κ2) is 5.35. The van der Waals surface area contributed by atoms with Gasteiger partial charge in [-0.25, -0.2) is 0 Å². The maximum Gasteiger partial charge on any atom is 0.311 e. The second-order valence-corrected chi connectivity index (χ2v) is 4.00. The van der Waals surface area contributed by atoms with Crippen molar-refractivity contribution >= 4 is 17.3 Å². The number of aromatic hydroxyl groups is 1. The van der Waals surface area contributed by atoms with Crippen LogP contribution in [0.5, 0.6) is 5.75 Å². The molecule has 0 atom stereocenters. The van der Waals surface area contributed by atoms with Crippen LogP contribution in [0.4, 0.5) is 11.4 Å². The predicted octanol–water partition coefficient (Wildman–Crippen LogP) is 1.97. The molecule has 1 aromatic heterocycles. The Morgan fingerprint density at radius 1 is 1.30 bits per heavy atom. The van der Waals surface area contributed by atoms with Gasteiger partial charge in [-0.05, 0) is 18.2 Å². The van der Waals surface area contributed by atoms with Gasteiger partial charge >= 0.3 is 5.69 Å². The van der Waals surface area contributed by atoms with Gasteiger partial charge in [0.15, 0.2) is 0 Å². The highest BCUT2D eigenvalue weighted by molar-refractivity contribution is 6.08. The molecule has 1 N–H and O–H groups in total. The number of hydrogen-bond donors (Lipinski definition) is 1. The lowest BCUT2D eigenvalue weighted by molar-refractivity contribution is -0.385. The van der Waals surface area contributed by atoms with Crippen LogP contribution in [0.2, 0.25) is 0 Å². The Bertz CT molecular complexity index is 658. The predicted molar refractivity (Wildman–Crippen MR) is 71.7 cm³/mol. The number of carbonyl (C=O) groups is 1. The summed E-state index contributed by atoms with van der Waals surface area (Å²) in [5.74, 6) is -1.18. The van der Waals surface area contributed by atoms with Crippen molar-refractivity contribution < 1.29 is 14.8 Å². The van der Waals surface area contributed by atoms with Crippen molar-refractivity contribution in [3.63, 3.8) is 0 Å². The highest BCUT2D eigenvalue weighted by Crippen LogP contribution is 2.30. The Labute approximate surface area is 114 Å². The van der Waals surface area contributed by atoms with Gasteiger partial charge in [0.05, 0.1) is 10.5 Å². The van der Waals surface area contributed by atoms with E-state index >= 15 is 0 Å². The molecule has 0 spiro atoms. The van der Waals surface area contributed by atoms with Crippen LogP contribution in [0, 0.1) is 10.1 Å². The van der Waals surface area contributed by atoms with E-state index in [1.165, 1.54) is 36.5 Å². The third-order valence-corrected chi connectivity index (χ3v) is 2.80. The van der Waals surface area contributed by atoms with Crippen molar-refractivity contribution in [1.82, 2.24) is 4.98 Å². The van der Waals surface area contributed by atoms with Crippen LogP contribution < -0.4 is 4.90 Å². The van der Waals surface area contributed by atoms with Crippen LogP contribution in [0.3, 0.4) is 0 Å². The van der Waals surface area contributed by atoms with Crippen LogP contribution in [0.25, 0.3) is 0 Å². The zero-order valence-corrected chi connectivity index (χ0v) is 10.6. The Kier molecular flexibility index (Phi) is 3.60. The third kappa shape index (κ3) is 2.41. The fourth-order valence-corrected chi connectivity index (χ4v) is 1.72. The highest BCUT2D eigenvalue weighted by Gasteiger charge is 2.23. The molecule has 0 aliphatic rings. The molecule has 0 unspecified atom stereocenters. The number of phenolic OH excluding ortho intramolecular Hbond substituents is 1. The lowest BCUT2D eigenvalue weighted by Gasteiger charge is -2.17. The number of anilines is 1. The molecule has 1 aromatic carbocycles. The van der Waals surface area contributed by atoms with Crippen molar-refractivity contribution in [2.75, 3.05) is 11.9 Å². The molecule has 7 nitrogen and oxygen atoms in total. The molecular formula is C13H11N3O4. The van der Waals surface area contributed by atoms with Gasteiger partial charge < -0.3 is 10.0 Å². The van der Waals surface area contributed by atoms with Gasteiger partial charge in [0.25, 0.3) is 5.91 Å². The van der Waals surface area contributed by atoms with Crippen LogP contribution in [-0.2, 0) is 0 Å². The van der Waals surface area contributed by atoms with Gasteiger partial charge in [-0.15, -0.1) is 0 Å². The lowest BCUT2D eigenvalue weighted by atomic mass is 10.1. The molecule has 0 fully saturated rings. The number of phenols is 1. The van der Waals surface area contributed by atoms with E-state index in [4.69, 9.17) is 0 Å². The van der Waals surface area contributed by atoms with E-state index in [0.717, 1.165) is 6.07 Å².